The van der Waals surface area contributed by atoms with Crippen LogP contribution in [-0.4, -0.2) is 15.3 Å². The van der Waals surface area contributed by atoms with Gasteiger partial charge >= 0.3 is 0 Å². The third-order valence-corrected chi connectivity index (χ3v) is 3.69. The Morgan fingerprint density at radius 2 is 2.32 bits per heavy atom. The van der Waals surface area contributed by atoms with Crippen LogP contribution in [0, 0.1) is 0 Å². The summed E-state index contributed by atoms with van der Waals surface area (Å²) in [5, 5.41) is 0.530. The van der Waals surface area contributed by atoms with Crippen LogP contribution in [0.25, 0.3) is 17.3 Å². The highest BCUT2D eigenvalue weighted by Crippen LogP contribution is 2.38. The average Bonchev–Trinajstić information content (AvgIpc) is 2.71. The summed E-state index contributed by atoms with van der Waals surface area (Å²) < 4.78 is 2.11. The SMILES string of the molecule is CC(=O)c1c(Cl)c(-c2cccnc2)n2c1C=CCC2. The normalized spacial score (nSPS) is 13.4. The van der Waals surface area contributed by atoms with Crippen molar-refractivity contribution in [3.8, 4) is 11.3 Å². The summed E-state index contributed by atoms with van der Waals surface area (Å²) in [7, 11) is 0. The summed E-state index contributed by atoms with van der Waals surface area (Å²) in [5.74, 6) is -0.00422. The van der Waals surface area contributed by atoms with Gasteiger partial charge in [0.05, 0.1) is 22.0 Å². The third kappa shape index (κ3) is 1.90. The van der Waals surface area contributed by atoms with E-state index in [9.17, 15) is 4.79 Å². The third-order valence-electron chi connectivity index (χ3n) is 3.33. The van der Waals surface area contributed by atoms with Crippen LogP contribution in [0.1, 0.15) is 29.4 Å². The zero-order valence-electron chi connectivity index (χ0n) is 10.6. The van der Waals surface area contributed by atoms with Gasteiger partial charge in [-0.05, 0) is 31.6 Å². The van der Waals surface area contributed by atoms with Crippen molar-refractivity contribution in [3.63, 3.8) is 0 Å². The minimum atomic E-state index is -0.00422. The van der Waals surface area contributed by atoms with E-state index < -0.39 is 0 Å². The maximum Gasteiger partial charge on any atom is 0.163 e. The van der Waals surface area contributed by atoms with E-state index in [2.05, 4.69) is 15.6 Å². The standard InChI is InChI=1S/C15H13ClN2O/c1-10(19)13-12-6-2-3-8-18(12)15(14(13)16)11-5-4-7-17-9-11/h2,4-7,9H,3,8H2,1H3. The molecular formula is C15H13ClN2O. The van der Waals surface area contributed by atoms with Crippen molar-refractivity contribution in [1.29, 1.82) is 0 Å². The van der Waals surface area contributed by atoms with Crippen LogP contribution in [-0.2, 0) is 6.54 Å². The molecule has 0 atom stereocenters. The summed E-state index contributed by atoms with van der Waals surface area (Å²) in [6, 6.07) is 3.83. The zero-order valence-corrected chi connectivity index (χ0v) is 11.3. The van der Waals surface area contributed by atoms with Gasteiger partial charge in [0.1, 0.15) is 0 Å². The largest absolute Gasteiger partial charge is 0.339 e. The molecule has 0 aliphatic carbocycles. The van der Waals surface area contributed by atoms with E-state index in [1.165, 1.54) is 0 Å². The van der Waals surface area contributed by atoms with Crippen LogP contribution < -0.4 is 0 Å². The van der Waals surface area contributed by atoms with Crippen LogP contribution in [0.15, 0.2) is 30.6 Å². The maximum absolute atomic E-state index is 11.8. The molecule has 0 aromatic carbocycles. The minimum absolute atomic E-state index is 0.00422. The van der Waals surface area contributed by atoms with Crippen molar-refractivity contribution in [3.05, 3.63) is 46.9 Å². The van der Waals surface area contributed by atoms with Crippen molar-refractivity contribution >= 4 is 23.5 Å². The molecule has 0 fully saturated rings. The van der Waals surface area contributed by atoms with Gasteiger partial charge in [0.2, 0.25) is 0 Å². The van der Waals surface area contributed by atoms with E-state index in [0.29, 0.717) is 10.6 Å². The van der Waals surface area contributed by atoms with Gasteiger partial charge in [0, 0.05) is 24.5 Å². The number of hydrogen-bond acceptors (Lipinski definition) is 2. The topological polar surface area (TPSA) is 34.9 Å². The number of ketones is 1. The fraction of sp³-hybridized carbons (Fsp3) is 0.200. The van der Waals surface area contributed by atoms with Crippen molar-refractivity contribution in [2.75, 3.05) is 0 Å². The van der Waals surface area contributed by atoms with E-state index in [4.69, 9.17) is 11.6 Å². The Morgan fingerprint density at radius 1 is 1.47 bits per heavy atom. The van der Waals surface area contributed by atoms with E-state index in [-0.39, 0.29) is 5.78 Å². The van der Waals surface area contributed by atoms with Crippen molar-refractivity contribution in [2.45, 2.75) is 19.9 Å². The molecule has 96 valence electrons. The summed E-state index contributed by atoms with van der Waals surface area (Å²) in [6.45, 7) is 2.39. The first-order valence-electron chi connectivity index (χ1n) is 6.20. The predicted molar refractivity (Wildman–Crippen MR) is 76.3 cm³/mol. The number of carbonyl (C=O) groups is 1. The molecule has 3 rings (SSSR count). The van der Waals surface area contributed by atoms with Crippen LogP contribution in [0.5, 0.6) is 0 Å². The predicted octanol–water partition coefficient (Wildman–Crippen LogP) is 3.82. The highest BCUT2D eigenvalue weighted by molar-refractivity contribution is 6.37. The van der Waals surface area contributed by atoms with Crippen LogP contribution >= 0.6 is 11.6 Å². The van der Waals surface area contributed by atoms with E-state index in [0.717, 1.165) is 29.9 Å². The van der Waals surface area contributed by atoms with Crippen molar-refractivity contribution in [1.82, 2.24) is 9.55 Å². The Balaban J connectivity index is 2.32. The lowest BCUT2D eigenvalue weighted by molar-refractivity contribution is 0.101. The monoisotopic (exact) mass is 272 g/mol. The molecule has 1 aliphatic heterocycles. The number of rotatable bonds is 2. The number of aromatic nitrogens is 2. The lowest BCUT2D eigenvalue weighted by Gasteiger charge is -2.14. The van der Waals surface area contributed by atoms with Crippen LogP contribution in [0.2, 0.25) is 5.02 Å². The molecule has 3 nitrogen and oxygen atoms in total. The molecule has 19 heavy (non-hydrogen) atoms. The number of allylic oxidation sites excluding steroid dienone is 1. The van der Waals surface area contributed by atoms with E-state index in [1.807, 2.05) is 18.2 Å². The number of pyridine rings is 1. The number of halogens is 1. The lowest BCUT2D eigenvalue weighted by atomic mass is 10.1. The smallest absolute Gasteiger partial charge is 0.163 e. The first-order valence-corrected chi connectivity index (χ1v) is 6.58. The molecule has 0 radical (unpaired) electrons. The molecule has 1 aliphatic rings. The van der Waals surface area contributed by atoms with Gasteiger partial charge < -0.3 is 4.57 Å². The fourth-order valence-corrected chi connectivity index (χ4v) is 2.97. The first kappa shape index (κ1) is 12.2. The molecule has 0 saturated heterocycles. The average molecular weight is 273 g/mol. The highest BCUT2D eigenvalue weighted by atomic mass is 35.5. The molecule has 0 N–H and O–H groups in total. The Hall–Kier alpha value is -1.87. The number of nitrogens with zero attached hydrogens (tertiary/aromatic N) is 2. The highest BCUT2D eigenvalue weighted by Gasteiger charge is 2.24. The lowest BCUT2D eigenvalue weighted by Crippen LogP contribution is -2.06. The summed E-state index contributed by atoms with van der Waals surface area (Å²) in [5.41, 5.74) is 3.34. The van der Waals surface area contributed by atoms with Gasteiger partial charge in [-0.2, -0.15) is 0 Å². The summed E-state index contributed by atoms with van der Waals surface area (Å²) >= 11 is 6.45. The Bertz CT molecular complexity index is 671. The van der Waals surface area contributed by atoms with Gasteiger partial charge in [0.15, 0.2) is 5.78 Å². The summed E-state index contributed by atoms with van der Waals surface area (Å²) in [4.78, 5) is 16.0. The van der Waals surface area contributed by atoms with Gasteiger partial charge in [0.25, 0.3) is 0 Å². The number of Topliss-reactive ketones (excluding diaryl/α,β-unsaturated/α-hetero) is 1. The van der Waals surface area contributed by atoms with E-state index in [1.54, 1.807) is 19.3 Å². The van der Waals surface area contributed by atoms with Gasteiger partial charge in [-0.3, -0.25) is 9.78 Å². The van der Waals surface area contributed by atoms with Gasteiger partial charge in [-0.25, -0.2) is 0 Å². The van der Waals surface area contributed by atoms with Crippen LogP contribution in [0.4, 0.5) is 0 Å². The molecule has 2 aromatic rings. The molecule has 0 saturated carbocycles. The summed E-state index contributed by atoms with van der Waals surface area (Å²) in [6.07, 6.45) is 8.50. The second-order valence-corrected chi connectivity index (χ2v) is 4.94. The fourth-order valence-electron chi connectivity index (χ4n) is 2.53. The second-order valence-electron chi connectivity index (χ2n) is 4.56. The Labute approximate surface area is 116 Å². The Kier molecular flexibility index (Phi) is 2.99. The quantitative estimate of drug-likeness (QED) is 0.779. The number of carbonyl (C=O) groups excluding carboxylic acids is 1. The van der Waals surface area contributed by atoms with Gasteiger partial charge in [-0.15, -0.1) is 0 Å². The minimum Gasteiger partial charge on any atom is -0.339 e. The van der Waals surface area contributed by atoms with Crippen molar-refractivity contribution < 1.29 is 4.79 Å². The molecule has 0 amide bonds. The van der Waals surface area contributed by atoms with Crippen LogP contribution in [0.3, 0.4) is 0 Å². The first-order chi connectivity index (χ1) is 9.20. The molecule has 0 bridgehead atoms. The molecule has 2 aromatic heterocycles. The molecule has 4 heteroatoms. The molecular weight excluding hydrogens is 260 g/mol. The number of hydrogen-bond donors (Lipinski definition) is 0. The Morgan fingerprint density at radius 3 is 3.00 bits per heavy atom. The number of fused-ring (bicyclic) bond motifs is 1. The maximum atomic E-state index is 11.8. The van der Waals surface area contributed by atoms with Gasteiger partial charge in [-0.1, -0.05) is 17.7 Å². The molecule has 0 unspecified atom stereocenters. The van der Waals surface area contributed by atoms with Crippen molar-refractivity contribution in [2.24, 2.45) is 0 Å². The zero-order chi connectivity index (χ0) is 13.4. The molecule has 3 heterocycles. The molecule has 0 spiro atoms. The second kappa shape index (κ2) is 4.67. The van der Waals surface area contributed by atoms with E-state index >= 15 is 0 Å².